The molecular weight excluding hydrogens is 419 g/mol. The van der Waals surface area contributed by atoms with Gasteiger partial charge in [0, 0.05) is 12.6 Å². The van der Waals surface area contributed by atoms with Crippen molar-refractivity contribution in [1.29, 1.82) is 0 Å². The number of carbonyl (C=O) groups excluding carboxylic acids is 2. The summed E-state index contributed by atoms with van der Waals surface area (Å²) in [6.45, 7) is 0.175. The lowest BCUT2D eigenvalue weighted by Crippen LogP contribution is -2.52. The van der Waals surface area contributed by atoms with Crippen LogP contribution in [0.4, 0.5) is 27.6 Å². The molecule has 0 aliphatic carbocycles. The molecule has 1 fully saturated rings. The minimum Gasteiger partial charge on any atom is -0.340 e. The lowest BCUT2D eigenvalue weighted by Gasteiger charge is -2.33. The maximum Gasteiger partial charge on any atom is 0.416 e. The molecule has 0 radical (unpaired) electrons. The fourth-order valence-corrected chi connectivity index (χ4v) is 3.33. The Morgan fingerprint density at radius 2 is 1.86 bits per heavy atom. The summed E-state index contributed by atoms with van der Waals surface area (Å²) in [5.41, 5.74) is -1.36. The summed E-state index contributed by atoms with van der Waals surface area (Å²) in [6, 6.07) is 4.01. The van der Waals surface area contributed by atoms with Gasteiger partial charge in [-0.3, -0.25) is 9.59 Å². The second kappa shape index (κ2) is 7.98. The number of hydrogen-bond acceptors (Lipinski definition) is 2. The van der Waals surface area contributed by atoms with Crippen LogP contribution < -0.4 is 10.2 Å². The number of piperidine rings is 1. The van der Waals surface area contributed by atoms with Gasteiger partial charge in [0.15, 0.2) is 0 Å². The van der Waals surface area contributed by atoms with E-state index in [-0.39, 0.29) is 24.2 Å². The van der Waals surface area contributed by atoms with E-state index in [4.69, 9.17) is 11.6 Å². The molecule has 10 heteroatoms. The van der Waals surface area contributed by atoms with Crippen molar-refractivity contribution in [2.75, 3.05) is 11.4 Å². The highest BCUT2D eigenvalue weighted by atomic mass is 35.5. The largest absolute Gasteiger partial charge is 0.416 e. The predicted octanol–water partition coefficient (Wildman–Crippen LogP) is 4.56. The Labute approximate surface area is 167 Å². The Kier molecular flexibility index (Phi) is 5.79. The molecule has 0 aromatic heterocycles. The standard InChI is InChI=1S/C19H14ClF5N2O2/c20-13-8-10(19(23,24)25)3-5-12(13)17(28)26-15-2-1-7-27(18(15)29)16-6-4-11(21)9-14(16)22/h3-6,8-9,15H,1-2,7H2,(H,26,28). The number of halogens is 6. The third-order valence-corrected chi connectivity index (χ3v) is 4.80. The molecule has 3 rings (SSSR count). The monoisotopic (exact) mass is 432 g/mol. The summed E-state index contributed by atoms with van der Waals surface area (Å²) >= 11 is 5.80. The van der Waals surface area contributed by atoms with Crippen molar-refractivity contribution in [2.24, 2.45) is 0 Å². The molecule has 2 amide bonds. The van der Waals surface area contributed by atoms with Gasteiger partial charge >= 0.3 is 6.18 Å². The van der Waals surface area contributed by atoms with Gasteiger partial charge in [0.05, 0.1) is 21.8 Å². The topological polar surface area (TPSA) is 49.4 Å². The Morgan fingerprint density at radius 1 is 1.14 bits per heavy atom. The van der Waals surface area contributed by atoms with Gasteiger partial charge in [-0.25, -0.2) is 8.78 Å². The van der Waals surface area contributed by atoms with E-state index in [0.29, 0.717) is 24.6 Å². The number of benzene rings is 2. The number of alkyl halides is 3. The molecule has 1 atom stereocenters. The molecule has 1 aliphatic rings. The van der Waals surface area contributed by atoms with E-state index in [9.17, 15) is 31.5 Å². The molecule has 1 N–H and O–H groups in total. The van der Waals surface area contributed by atoms with Gasteiger partial charge in [0.2, 0.25) is 5.91 Å². The summed E-state index contributed by atoms with van der Waals surface area (Å²) in [6.07, 6.45) is -3.94. The van der Waals surface area contributed by atoms with Gasteiger partial charge in [-0.05, 0) is 43.2 Å². The van der Waals surface area contributed by atoms with E-state index in [1.807, 2.05) is 0 Å². The van der Waals surface area contributed by atoms with Crippen LogP contribution in [0.15, 0.2) is 36.4 Å². The van der Waals surface area contributed by atoms with E-state index in [1.165, 1.54) is 0 Å². The van der Waals surface area contributed by atoms with E-state index in [2.05, 4.69) is 5.32 Å². The molecule has 2 aromatic rings. The van der Waals surface area contributed by atoms with Crippen LogP contribution in [0.1, 0.15) is 28.8 Å². The molecule has 29 heavy (non-hydrogen) atoms. The summed E-state index contributed by atoms with van der Waals surface area (Å²) in [7, 11) is 0. The van der Waals surface area contributed by atoms with Gasteiger partial charge in [-0.1, -0.05) is 11.6 Å². The maximum absolute atomic E-state index is 14.0. The van der Waals surface area contributed by atoms with Crippen LogP contribution in [0.3, 0.4) is 0 Å². The summed E-state index contributed by atoms with van der Waals surface area (Å²) in [4.78, 5) is 26.2. The predicted molar refractivity (Wildman–Crippen MR) is 95.7 cm³/mol. The molecule has 154 valence electrons. The lowest BCUT2D eigenvalue weighted by atomic mass is 10.0. The lowest BCUT2D eigenvalue weighted by molar-refractivity contribution is -0.137. The Balaban J connectivity index is 1.77. The Bertz CT molecular complexity index is 964. The summed E-state index contributed by atoms with van der Waals surface area (Å²) in [5, 5.41) is 2.01. The van der Waals surface area contributed by atoms with Crippen LogP contribution in [0.5, 0.6) is 0 Å². The summed E-state index contributed by atoms with van der Waals surface area (Å²) < 4.78 is 65.3. The first-order chi connectivity index (χ1) is 13.6. The Hall–Kier alpha value is -2.68. The highest BCUT2D eigenvalue weighted by Crippen LogP contribution is 2.32. The van der Waals surface area contributed by atoms with Crippen molar-refractivity contribution in [3.63, 3.8) is 0 Å². The third-order valence-electron chi connectivity index (χ3n) is 4.49. The van der Waals surface area contributed by atoms with Crippen molar-refractivity contribution in [1.82, 2.24) is 5.32 Å². The molecule has 2 aromatic carbocycles. The van der Waals surface area contributed by atoms with E-state index in [1.54, 1.807) is 0 Å². The van der Waals surface area contributed by atoms with Crippen LogP contribution in [0.25, 0.3) is 0 Å². The second-order valence-corrected chi connectivity index (χ2v) is 6.85. The van der Waals surface area contributed by atoms with Crippen LogP contribution in [-0.4, -0.2) is 24.4 Å². The van der Waals surface area contributed by atoms with E-state index < -0.39 is 46.3 Å². The molecular formula is C19H14ClF5N2O2. The quantitative estimate of drug-likeness (QED) is 0.723. The third kappa shape index (κ3) is 4.50. The zero-order valence-corrected chi connectivity index (χ0v) is 15.5. The number of hydrogen-bond donors (Lipinski definition) is 1. The van der Waals surface area contributed by atoms with Gasteiger partial charge < -0.3 is 10.2 Å². The highest BCUT2D eigenvalue weighted by molar-refractivity contribution is 6.34. The minimum atomic E-state index is -4.61. The average Bonchev–Trinajstić information content (AvgIpc) is 2.63. The highest BCUT2D eigenvalue weighted by Gasteiger charge is 2.34. The first kappa shape index (κ1) is 21.0. The van der Waals surface area contributed by atoms with Crippen molar-refractivity contribution in [3.05, 3.63) is 64.2 Å². The maximum atomic E-state index is 14.0. The van der Waals surface area contributed by atoms with Crippen molar-refractivity contribution in [3.8, 4) is 0 Å². The van der Waals surface area contributed by atoms with Gasteiger partial charge in [0.25, 0.3) is 5.91 Å². The van der Waals surface area contributed by atoms with Crippen molar-refractivity contribution < 1.29 is 31.5 Å². The van der Waals surface area contributed by atoms with Crippen molar-refractivity contribution in [2.45, 2.75) is 25.1 Å². The molecule has 1 unspecified atom stereocenters. The SMILES string of the molecule is O=C(NC1CCCN(c2ccc(F)cc2F)C1=O)c1ccc(C(F)(F)F)cc1Cl. The van der Waals surface area contributed by atoms with Gasteiger partial charge in [0.1, 0.15) is 17.7 Å². The number of nitrogens with one attached hydrogen (secondary N) is 1. The van der Waals surface area contributed by atoms with E-state index >= 15 is 0 Å². The average molecular weight is 433 g/mol. The molecule has 1 heterocycles. The Morgan fingerprint density at radius 3 is 2.48 bits per heavy atom. The van der Waals surface area contributed by atoms with Gasteiger partial charge in [-0.15, -0.1) is 0 Å². The summed E-state index contributed by atoms with van der Waals surface area (Å²) in [5.74, 6) is -3.16. The zero-order valence-electron chi connectivity index (χ0n) is 14.7. The first-order valence-electron chi connectivity index (χ1n) is 8.52. The molecule has 0 bridgehead atoms. The first-order valence-corrected chi connectivity index (χ1v) is 8.90. The molecule has 1 aliphatic heterocycles. The van der Waals surface area contributed by atoms with Crippen LogP contribution >= 0.6 is 11.6 Å². The van der Waals surface area contributed by atoms with E-state index in [0.717, 1.165) is 23.1 Å². The molecule has 0 spiro atoms. The second-order valence-electron chi connectivity index (χ2n) is 6.45. The number of rotatable bonds is 3. The van der Waals surface area contributed by atoms with Crippen LogP contribution in [0, 0.1) is 11.6 Å². The van der Waals surface area contributed by atoms with Crippen molar-refractivity contribution >= 4 is 29.1 Å². The van der Waals surface area contributed by atoms with Gasteiger partial charge in [-0.2, -0.15) is 13.2 Å². The normalized spacial score (nSPS) is 17.4. The number of anilines is 1. The molecule has 1 saturated heterocycles. The number of carbonyl (C=O) groups is 2. The molecule has 0 saturated carbocycles. The number of amides is 2. The number of nitrogens with zero attached hydrogens (tertiary/aromatic N) is 1. The van der Waals surface area contributed by atoms with Crippen LogP contribution in [-0.2, 0) is 11.0 Å². The fourth-order valence-electron chi connectivity index (χ4n) is 3.06. The minimum absolute atomic E-state index is 0.122. The van der Waals surface area contributed by atoms with Crippen LogP contribution in [0.2, 0.25) is 5.02 Å². The fraction of sp³-hybridized carbons (Fsp3) is 0.263. The zero-order chi connectivity index (χ0) is 21.3. The molecule has 4 nitrogen and oxygen atoms in total. The smallest absolute Gasteiger partial charge is 0.340 e.